The molecule has 2 aliphatic heterocycles. The third-order valence-corrected chi connectivity index (χ3v) is 4.70. The lowest BCUT2D eigenvalue weighted by Crippen LogP contribution is -2.54. The maximum atomic E-state index is 13.5. The van der Waals surface area contributed by atoms with Crippen LogP contribution < -0.4 is 5.32 Å². The van der Waals surface area contributed by atoms with E-state index in [4.69, 9.17) is 0 Å². The number of nitrogens with one attached hydrogen (secondary N) is 1. The summed E-state index contributed by atoms with van der Waals surface area (Å²) in [7, 11) is 0. The van der Waals surface area contributed by atoms with Gasteiger partial charge in [-0.3, -0.25) is 9.59 Å². The van der Waals surface area contributed by atoms with Crippen molar-refractivity contribution in [2.24, 2.45) is 0 Å². The molecule has 2 fully saturated rings. The lowest BCUT2D eigenvalue weighted by molar-refractivity contribution is -0.145. The third kappa shape index (κ3) is 3.70. The van der Waals surface area contributed by atoms with Crippen LogP contribution in [-0.4, -0.2) is 53.8 Å². The molecule has 2 atom stereocenters. The molecule has 1 aromatic rings. The number of benzene rings is 1. The highest BCUT2D eigenvalue weighted by Crippen LogP contribution is 2.27. The molecule has 2 amide bonds. The van der Waals surface area contributed by atoms with Gasteiger partial charge < -0.3 is 15.1 Å². The molecule has 0 spiro atoms. The van der Waals surface area contributed by atoms with Gasteiger partial charge in [0.05, 0.1) is 6.04 Å². The minimum Gasteiger partial charge on any atom is -0.331 e. The largest absolute Gasteiger partial charge is 0.331 e. The minimum absolute atomic E-state index is 0. The molecule has 24 heavy (non-hydrogen) atoms. The van der Waals surface area contributed by atoms with E-state index in [0.29, 0.717) is 32.6 Å². The van der Waals surface area contributed by atoms with E-state index in [1.165, 1.54) is 19.1 Å². The monoisotopic (exact) mass is 355 g/mol. The van der Waals surface area contributed by atoms with Crippen molar-refractivity contribution >= 4 is 24.2 Å². The summed E-state index contributed by atoms with van der Waals surface area (Å²) in [4.78, 5) is 28.2. The molecule has 1 N–H and O–H groups in total. The molecule has 1 aromatic carbocycles. The van der Waals surface area contributed by atoms with Crippen LogP contribution in [0.2, 0.25) is 0 Å². The van der Waals surface area contributed by atoms with Gasteiger partial charge in [-0.05, 0) is 30.5 Å². The third-order valence-electron chi connectivity index (χ3n) is 4.70. The average molecular weight is 356 g/mol. The van der Waals surface area contributed by atoms with Gasteiger partial charge in [-0.25, -0.2) is 4.39 Å². The minimum atomic E-state index is -0.373. The highest BCUT2D eigenvalue weighted by Gasteiger charge is 2.38. The number of nitrogens with zero attached hydrogens (tertiary/aromatic N) is 2. The predicted octanol–water partition coefficient (Wildman–Crippen LogP) is 1.73. The summed E-state index contributed by atoms with van der Waals surface area (Å²) in [6.07, 6.45) is 1.56. The second-order valence-electron chi connectivity index (χ2n) is 6.18. The number of carbonyl (C=O) groups is 2. The molecule has 0 radical (unpaired) electrons. The van der Waals surface area contributed by atoms with E-state index in [2.05, 4.69) is 5.32 Å². The van der Waals surface area contributed by atoms with Crippen LogP contribution in [0.4, 0.5) is 4.39 Å². The lowest BCUT2D eigenvalue weighted by atomic mass is 10.0. The van der Waals surface area contributed by atoms with Gasteiger partial charge in [0.15, 0.2) is 0 Å². The Kier molecular flexibility index (Phi) is 6.18. The van der Waals surface area contributed by atoms with E-state index >= 15 is 0 Å². The Morgan fingerprint density at radius 2 is 2.04 bits per heavy atom. The zero-order chi connectivity index (χ0) is 16.4. The number of rotatable bonds is 2. The zero-order valence-corrected chi connectivity index (χ0v) is 14.5. The summed E-state index contributed by atoms with van der Waals surface area (Å²) >= 11 is 0. The molecule has 132 valence electrons. The van der Waals surface area contributed by atoms with Crippen LogP contribution in [0.1, 0.15) is 31.4 Å². The van der Waals surface area contributed by atoms with Gasteiger partial charge in [-0.15, -0.1) is 12.4 Å². The van der Waals surface area contributed by atoms with Crippen molar-refractivity contribution in [1.29, 1.82) is 0 Å². The van der Waals surface area contributed by atoms with Crippen LogP contribution in [0.5, 0.6) is 0 Å². The van der Waals surface area contributed by atoms with E-state index in [9.17, 15) is 14.0 Å². The number of amides is 2. The van der Waals surface area contributed by atoms with Crippen LogP contribution in [0.3, 0.4) is 0 Å². The van der Waals surface area contributed by atoms with E-state index in [-0.39, 0.29) is 42.1 Å². The first-order chi connectivity index (χ1) is 11.1. The molecule has 2 unspecified atom stereocenters. The van der Waals surface area contributed by atoms with E-state index in [0.717, 1.165) is 12.0 Å². The number of carbonyl (C=O) groups excluding carboxylic acids is 2. The van der Waals surface area contributed by atoms with Crippen LogP contribution in [0, 0.1) is 5.82 Å². The highest BCUT2D eigenvalue weighted by atomic mass is 35.5. The molecule has 0 aliphatic carbocycles. The number of halogens is 2. The fourth-order valence-corrected chi connectivity index (χ4v) is 3.57. The van der Waals surface area contributed by atoms with Gasteiger partial charge in [0.25, 0.3) is 0 Å². The standard InChI is InChI=1S/C17H22FN3O2.ClH/c1-12(22)20-8-3-6-15(20)17(23)21-9-7-19-11-16(21)13-4-2-5-14(18)10-13;/h2,4-5,10,15-16,19H,3,6-9,11H2,1H3;1H. The first-order valence-corrected chi connectivity index (χ1v) is 8.12. The Bertz CT molecular complexity index is 613. The van der Waals surface area contributed by atoms with Crippen molar-refractivity contribution < 1.29 is 14.0 Å². The van der Waals surface area contributed by atoms with Gasteiger partial charge in [-0.2, -0.15) is 0 Å². The molecule has 3 rings (SSSR count). The summed E-state index contributed by atoms with van der Waals surface area (Å²) < 4.78 is 13.5. The number of likely N-dealkylation sites (tertiary alicyclic amines) is 1. The van der Waals surface area contributed by atoms with Crippen molar-refractivity contribution in [1.82, 2.24) is 15.1 Å². The van der Waals surface area contributed by atoms with E-state index in [1.807, 2.05) is 6.07 Å². The smallest absolute Gasteiger partial charge is 0.245 e. The Morgan fingerprint density at radius 3 is 2.75 bits per heavy atom. The predicted molar refractivity (Wildman–Crippen MR) is 91.4 cm³/mol. The van der Waals surface area contributed by atoms with Crippen molar-refractivity contribution in [3.63, 3.8) is 0 Å². The Morgan fingerprint density at radius 1 is 1.25 bits per heavy atom. The molecule has 2 heterocycles. The second-order valence-corrected chi connectivity index (χ2v) is 6.18. The topological polar surface area (TPSA) is 52.7 Å². The number of hydrogen-bond donors (Lipinski definition) is 1. The molecule has 0 saturated carbocycles. The summed E-state index contributed by atoms with van der Waals surface area (Å²) in [5.41, 5.74) is 0.790. The molecule has 5 nitrogen and oxygen atoms in total. The van der Waals surface area contributed by atoms with E-state index < -0.39 is 0 Å². The summed E-state index contributed by atoms with van der Waals surface area (Å²) in [6, 6.07) is 5.83. The molecular formula is C17H23ClFN3O2. The van der Waals surface area contributed by atoms with Crippen molar-refractivity contribution in [3.05, 3.63) is 35.6 Å². The summed E-state index contributed by atoms with van der Waals surface area (Å²) in [5.74, 6) is -0.376. The SMILES string of the molecule is CC(=O)N1CCCC1C(=O)N1CCNCC1c1cccc(F)c1.Cl. The molecular weight excluding hydrogens is 333 g/mol. The summed E-state index contributed by atoms with van der Waals surface area (Å²) in [6.45, 7) is 4.03. The van der Waals surface area contributed by atoms with Crippen molar-refractivity contribution in [3.8, 4) is 0 Å². The molecule has 0 bridgehead atoms. The molecule has 2 saturated heterocycles. The van der Waals surface area contributed by atoms with Gasteiger partial charge in [0.2, 0.25) is 11.8 Å². The van der Waals surface area contributed by atoms with Crippen molar-refractivity contribution in [2.45, 2.75) is 31.8 Å². The van der Waals surface area contributed by atoms with Crippen molar-refractivity contribution in [2.75, 3.05) is 26.2 Å². The van der Waals surface area contributed by atoms with Gasteiger partial charge in [-0.1, -0.05) is 12.1 Å². The fourth-order valence-electron chi connectivity index (χ4n) is 3.57. The van der Waals surface area contributed by atoms with Gasteiger partial charge >= 0.3 is 0 Å². The Balaban J connectivity index is 0.00000208. The van der Waals surface area contributed by atoms with Crippen LogP contribution in [0.25, 0.3) is 0 Å². The first-order valence-electron chi connectivity index (χ1n) is 8.12. The second kappa shape index (κ2) is 7.94. The fraction of sp³-hybridized carbons (Fsp3) is 0.529. The number of piperazine rings is 1. The molecule has 0 aromatic heterocycles. The lowest BCUT2D eigenvalue weighted by Gasteiger charge is -2.39. The normalized spacial score (nSPS) is 23.8. The highest BCUT2D eigenvalue weighted by molar-refractivity contribution is 5.88. The first kappa shape index (κ1) is 18.7. The Hall–Kier alpha value is -1.66. The zero-order valence-electron chi connectivity index (χ0n) is 13.7. The van der Waals surface area contributed by atoms with Crippen LogP contribution >= 0.6 is 12.4 Å². The quantitative estimate of drug-likeness (QED) is 0.879. The van der Waals surface area contributed by atoms with E-state index in [1.54, 1.807) is 15.9 Å². The Labute approximate surface area is 147 Å². The number of hydrogen-bond acceptors (Lipinski definition) is 3. The van der Waals surface area contributed by atoms with Crippen LogP contribution in [-0.2, 0) is 9.59 Å². The maximum absolute atomic E-state index is 13.5. The van der Waals surface area contributed by atoms with Gasteiger partial charge in [0.1, 0.15) is 11.9 Å². The molecule has 2 aliphatic rings. The summed E-state index contributed by atoms with van der Waals surface area (Å²) in [5, 5.41) is 3.27. The van der Waals surface area contributed by atoms with Crippen LogP contribution in [0.15, 0.2) is 24.3 Å². The maximum Gasteiger partial charge on any atom is 0.245 e. The molecule has 7 heteroatoms. The van der Waals surface area contributed by atoms with Gasteiger partial charge in [0, 0.05) is 33.1 Å². The average Bonchev–Trinajstić information content (AvgIpc) is 3.04.